The zero-order valence-corrected chi connectivity index (χ0v) is 15.3. The third-order valence-corrected chi connectivity index (χ3v) is 6.90. The van der Waals surface area contributed by atoms with Crippen molar-refractivity contribution in [3.63, 3.8) is 0 Å². The van der Waals surface area contributed by atoms with E-state index in [9.17, 15) is 4.79 Å². The molecule has 24 heavy (non-hydrogen) atoms. The van der Waals surface area contributed by atoms with Crippen LogP contribution in [0.1, 0.15) is 58.9 Å². The van der Waals surface area contributed by atoms with Crippen molar-refractivity contribution >= 4 is 17.2 Å². The van der Waals surface area contributed by atoms with E-state index in [4.69, 9.17) is 0 Å². The number of H-pyrrole nitrogens is 1. The first-order valence-electron chi connectivity index (χ1n) is 8.96. The highest BCUT2D eigenvalue weighted by Crippen LogP contribution is 2.36. The average molecular weight is 343 g/mol. The van der Waals surface area contributed by atoms with Crippen molar-refractivity contribution in [2.45, 2.75) is 51.4 Å². The SMILES string of the molecule is CC1CCc2sc(C(=O)N3CCCC(C)(c4ccn[nH]4)C3)cc2C1. The Hall–Kier alpha value is -1.62. The number of nitrogens with one attached hydrogen (secondary N) is 1. The molecular weight excluding hydrogens is 318 g/mol. The van der Waals surface area contributed by atoms with Crippen LogP contribution in [0.3, 0.4) is 0 Å². The van der Waals surface area contributed by atoms with Crippen LogP contribution in [0.2, 0.25) is 0 Å². The number of thiophene rings is 1. The molecule has 1 aliphatic heterocycles. The van der Waals surface area contributed by atoms with Crippen LogP contribution in [-0.2, 0) is 18.3 Å². The number of hydrogen-bond donors (Lipinski definition) is 1. The van der Waals surface area contributed by atoms with E-state index in [1.54, 1.807) is 17.5 Å². The van der Waals surface area contributed by atoms with Crippen LogP contribution in [0, 0.1) is 5.92 Å². The van der Waals surface area contributed by atoms with Crippen molar-refractivity contribution in [2.75, 3.05) is 13.1 Å². The lowest BCUT2D eigenvalue weighted by atomic mass is 9.79. The van der Waals surface area contributed by atoms with Gasteiger partial charge in [0.2, 0.25) is 0 Å². The highest BCUT2D eigenvalue weighted by Gasteiger charge is 2.36. The third-order valence-electron chi connectivity index (χ3n) is 5.67. The smallest absolute Gasteiger partial charge is 0.263 e. The van der Waals surface area contributed by atoms with E-state index in [0.29, 0.717) is 0 Å². The van der Waals surface area contributed by atoms with Crippen LogP contribution in [-0.4, -0.2) is 34.1 Å². The summed E-state index contributed by atoms with van der Waals surface area (Å²) in [7, 11) is 0. The van der Waals surface area contributed by atoms with Gasteiger partial charge in [-0.1, -0.05) is 13.8 Å². The molecule has 1 N–H and O–H groups in total. The Morgan fingerprint density at radius 3 is 3.17 bits per heavy atom. The fraction of sp³-hybridized carbons (Fsp3) is 0.579. The maximum absolute atomic E-state index is 13.1. The molecule has 0 spiro atoms. The van der Waals surface area contributed by atoms with Crippen molar-refractivity contribution in [3.8, 4) is 0 Å². The molecule has 1 saturated heterocycles. The number of carbonyl (C=O) groups is 1. The van der Waals surface area contributed by atoms with E-state index in [2.05, 4.69) is 30.1 Å². The molecule has 5 heteroatoms. The molecule has 2 atom stereocenters. The molecule has 4 nitrogen and oxygen atoms in total. The summed E-state index contributed by atoms with van der Waals surface area (Å²) in [5.41, 5.74) is 2.53. The molecule has 4 rings (SSSR count). The number of hydrogen-bond acceptors (Lipinski definition) is 3. The van der Waals surface area contributed by atoms with Crippen molar-refractivity contribution in [3.05, 3.63) is 39.3 Å². The van der Waals surface area contributed by atoms with Crippen LogP contribution in [0.25, 0.3) is 0 Å². The van der Waals surface area contributed by atoms with Gasteiger partial charge in [-0.2, -0.15) is 5.10 Å². The van der Waals surface area contributed by atoms with Gasteiger partial charge < -0.3 is 4.90 Å². The Bertz CT molecular complexity index is 736. The summed E-state index contributed by atoms with van der Waals surface area (Å²) in [6, 6.07) is 4.21. The summed E-state index contributed by atoms with van der Waals surface area (Å²) in [6.07, 6.45) is 7.46. The maximum Gasteiger partial charge on any atom is 0.263 e. The van der Waals surface area contributed by atoms with Crippen molar-refractivity contribution in [1.29, 1.82) is 0 Å². The number of likely N-dealkylation sites (tertiary alicyclic amines) is 1. The fourth-order valence-electron chi connectivity index (χ4n) is 4.19. The molecule has 2 aromatic rings. The molecule has 128 valence electrons. The lowest BCUT2D eigenvalue weighted by Crippen LogP contribution is -2.47. The molecule has 0 radical (unpaired) electrons. The van der Waals surface area contributed by atoms with Gasteiger partial charge in [0, 0.05) is 35.3 Å². The topological polar surface area (TPSA) is 49.0 Å². The minimum atomic E-state index is -0.0181. The largest absolute Gasteiger partial charge is 0.337 e. The predicted octanol–water partition coefficient (Wildman–Crippen LogP) is 3.79. The average Bonchev–Trinajstić information content (AvgIpc) is 3.23. The highest BCUT2D eigenvalue weighted by molar-refractivity contribution is 7.14. The summed E-state index contributed by atoms with van der Waals surface area (Å²) >= 11 is 1.73. The van der Waals surface area contributed by atoms with Crippen LogP contribution in [0.4, 0.5) is 0 Å². The minimum absolute atomic E-state index is 0.0181. The lowest BCUT2D eigenvalue weighted by molar-refractivity contribution is 0.0652. The van der Waals surface area contributed by atoms with E-state index in [0.717, 1.165) is 55.3 Å². The lowest BCUT2D eigenvalue weighted by Gasteiger charge is -2.39. The van der Waals surface area contributed by atoms with Crippen LogP contribution >= 0.6 is 11.3 Å². The molecule has 3 heterocycles. The summed E-state index contributed by atoms with van der Waals surface area (Å²) in [5.74, 6) is 0.959. The minimum Gasteiger partial charge on any atom is -0.337 e. The number of amides is 1. The van der Waals surface area contributed by atoms with Gasteiger partial charge in [0.15, 0.2) is 0 Å². The first-order valence-corrected chi connectivity index (χ1v) is 9.77. The van der Waals surface area contributed by atoms with Crippen LogP contribution < -0.4 is 0 Å². The predicted molar refractivity (Wildman–Crippen MR) is 96.6 cm³/mol. The van der Waals surface area contributed by atoms with Gasteiger partial charge in [-0.05, 0) is 55.7 Å². The number of aryl methyl sites for hydroxylation is 1. The normalized spacial score (nSPS) is 27.1. The van der Waals surface area contributed by atoms with Gasteiger partial charge in [-0.15, -0.1) is 11.3 Å². The standard InChI is InChI=1S/C19H25N3OS/c1-13-4-5-15-14(10-13)11-16(24-15)18(23)22-9-3-7-19(2,12-22)17-6-8-20-21-17/h6,8,11,13H,3-5,7,9-10,12H2,1-2H3,(H,20,21). The number of piperidine rings is 1. The second-order valence-corrected chi connectivity index (χ2v) is 8.91. The number of aromatic nitrogens is 2. The zero-order chi connectivity index (χ0) is 16.7. The summed E-state index contributed by atoms with van der Waals surface area (Å²) < 4.78 is 0. The maximum atomic E-state index is 13.1. The fourth-order valence-corrected chi connectivity index (χ4v) is 5.37. The van der Waals surface area contributed by atoms with Crippen molar-refractivity contribution in [1.82, 2.24) is 15.1 Å². The van der Waals surface area contributed by atoms with Gasteiger partial charge in [0.05, 0.1) is 4.88 Å². The van der Waals surface area contributed by atoms with Gasteiger partial charge in [-0.25, -0.2) is 0 Å². The Balaban J connectivity index is 1.54. The first-order chi connectivity index (χ1) is 11.5. The number of carbonyl (C=O) groups excluding carboxylic acids is 1. The molecule has 1 fully saturated rings. The molecule has 0 aromatic carbocycles. The van der Waals surface area contributed by atoms with E-state index in [1.807, 2.05) is 11.0 Å². The van der Waals surface area contributed by atoms with Gasteiger partial charge >= 0.3 is 0 Å². The zero-order valence-electron chi connectivity index (χ0n) is 14.5. The molecule has 1 aliphatic carbocycles. The molecule has 1 amide bonds. The van der Waals surface area contributed by atoms with E-state index in [-0.39, 0.29) is 11.3 Å². The molecule has 2 aromatic heterocycles. The second-order valence-electron chi connectivity index (χ2n) is 7.77. The summed E-state index contributed by atoms with van der Waals surface area (Å²) in [4.78, 5) is 17.5. The van der Waals surface area contributed by atoms with Gasteiger partial charge in [-0.3, -0.25) is 9.89 Å². The molecule has 2 aliphatic rings. The Labute approximate surface area is 147 Å². The van der Waals surface area contributed by atoms with E-state index in [1.165, 1.54) is 16.9 Å². The third kappa shape index (κ3) is 2.79. The quantitative estimate of drug-likeness (QED) is 0.902. The Morgan fingerprint density at radius 1 is 1.50 bits per heavy atom. The van der Waals surface area contributed by atoms with Gasteiger partial charge in [0.1, 0.15) is 0 Å². The van der Waals surface area contributed by atoms with Gasteiger partial charge in [0.25, 0.3) is 5.91 Å². The second kappa shape index (κ2) is 6.03. The molecule has 2 unspecified atom stereocenters. The van der Waals surface area contributed by atoms with Crippen molar-refractivity contribution in [2.24, 2.45) is 5.92 Å². The number of fused-ring (bicyclic) bond motifs is 1. The van der Waals surface area contributed by atoms with Crippen LogP contribution in [0.5, 0.6) is 0 Å². The Morgan fingerprint density at radius 2 is 2.38 bits per heavy atom. The Kier molecular flexibility index (Phi) is 3.99. The molecule has 0 saturated carbocycles. The monoisotopic (exact) mass is 343 g/mol. The number of nitrogens with zero attached hydrogens (tertiary/aromatic N) is 2. The number of aromatic amines is 1. The van der Waals surface area contributed by atoms with E-state index >= 15 is 0 Å². The summed E-state index contributed by atoms with van der Waals surface area (Å²) in [5, 5.41) is 7.20. The highest BCUT2D eigenvalue weighted by atomic mass is 32.1. The number of rotatable bonds is 2. The first kappa shape index (κ1) is 15.9. The summed E-state index contributed by atoms with van der Waals surface area (Å²) in [6.45, 7) is 6.18. The molecule has 0 bridgehead atoms. The van der Waals surface area contributed by atoms with E-state index < -0.39 is 0 Å². The van der Waals surface area contributed by atoms with Crippen LogP contribution in [0.15, 0.2) is 18.3 Å². The molecular formula is C19H25N3OS. The van der Waals surface area contributed by atoms with Crippen molar-refractivity contribution < 1.29 is 4.79 Å².